The normalized spacial score (nSPS) is 17.1. The molecule has 3 rings (SSSR count). The van der Waals surface area contributed by atoms with E-state index in [0.29, 0.717) is 5.28 Å². The molecule has 20 heavy (non-hydrogen) atoms. The highest BCUT2D eigenvalue weighted by Crippen LogP contribution is 2.34. The van der Waals surface area contributed by atoms with Crippen LogP contribution in [0.1, 0.15) is 26.2 Å². The highest BCUT2D eigenvalue weighted by Gasteiger charge is 2.36. The fourth-order valence-electron chi connectivity index (χ4n) is 3.30. The molecule has 1 saturated heterocycles. The topological polar surface area (TPSA) is 25.8 Å². The van der Waals surface area contributed by atoms with Crippen LogP contribution in [0.2, 0.25) is 5.28 Å². The van der Waals surface area contributed by atoms with E-state index in [1.165, 1.54) is 25.9 Å². The van der Waals surface area contributed by atoms with E-state index in [4.69, 9.17) is 11.6 Å². The highest BCUT2D eigenvalue weighted by molar-refractivity contribution is 6.28. The Labute approximate surface area is 131 Å². The second kappa shape index (κ2) is 6.25. The number of rotatable bonds is 3. The van der Waals surface area contributed by atoms with Crippen LogP contribution in [0.5, 0.6) is 0 Å². The van der Waals surface area contributed by atoms with Gasteiger partial charge in [0.25, 0.3) is 0 Å². The van der Waals surface area contributed by atoms with E-state index in [9.17, 15) is 0 Å². The van der Waals surface area contributed by atoms with Crippen molar-refractivity contribution in [2.75, 3.05) is 19.6 Å². The molecule has 0 aliphatic carbocycles. The van der Waals surface area contributed by atoms with Crippen LogP contribution in [0.4, 0.5) is 5.82 Å². The molecule has 108 valence electrons. The Morgan fingerprint density at radius 1 is 1.15 bits per heavy atom. The Kier molecular flexibility index (Phi) is 4.84. The van der Waals surface area contributed by atoms with Gasteiger partial charge in [-0.15, -0.1) is 0 Å². The molecule has 0 amide bonds. The summed E-state index contributed by atoms with van der Waals surface area (Å²) in [6.45, 7) is 5.72. The number of benzene rings is 1. The molecule has 2 heterocycles. The number of nitrogens with zero attached hydrogens (tertiary/aromatic N) is 3. The minimum atomic E-state index is 0. The SMILES string of the molecule is CCC[N+]1(c2nc(Cl)nc3ccccc23)CCCC1.[Cl-]. The summed E-state index contributed by atoms with van der Waals surface area (Å²) in [4.78, 5) is 8.94. The minimum Gasteiger partial charge on any atom is -1.00 e. The van der Waals surface area contributed by atoms with Crippen molar-refractivity contribution in [3.05, 3.63) is 29.5 Å². The van der Waals surface area contributed by atoms with Crippen LogP contribution >= 0.6 is 11.6 Å². The molecule has 0 saturated carbocycles. The molecule has 1 aromatic carbocycles. The van der Waals surface area contributed by atoms with E-state index >= 15 is 0 Å². The van der Waals surface area contributed by atoms with Crippen molar-refractivity contribution >= 4 is 28.3 Å². The largest absolute Gasteiger partial charge is 1.00 e. The van der Waals surface area contributed by atoms with Gasteiger partial charge in [0.15, 0.2) is 0 Å². The number of aromatic nitrogens is 2. The smallest absolute Gasteiger partial charge is 0.239 e. The van der Waals surface area contributed by atoms with Crippen molar-refractivity contribution in [1.29, 1.82) is 0 Å². The lowest BCUT2D eigenvalue weighted by molar-refractivity contribution is -0.00000398. The van der Waals surface area contributed by atoms with Crippen molar-refractivity contribution in [3.63, 3.8) is 0 Å². The summed E-state index contributed by atoms with van der Waals surface area (Å²) in [5.41, 5.74) is 0.956. The molecule has 1 aromatic heterocycles. The van der Waals surface area contributed by atoms with Gasteiger partial charge in [0, 0.05) is 12.8 Å². The van der Waals surface area contributed by atoms with Crippen LogP contribution in [0.15, 0.2) is 24.3 Å². The molecule has 5 heteroatoms. The number of hydrogen-bond acceptors (Lipinski definition) is 2. The van der Waals surface area contributed by atoms with Gasteiger partial charge in [-0.2, -0.15) is 4.98 Å². The molecular formula is C15H19Cl2N3. The van der Waals surface area contributed by atoms with E-state index in [-0.39, 0.29) is 12.4 Å². The molecule has 0 bridgehead atoms. The van der Waals surface area contributed by atoms with Gasteiger partial charge in [-0.3, -0.25) is 4.48 Å². The first kappa shape index (κ1) is 15.5. The van der Waals surface area contributed by atoms with Gasteiger partial charge in [-0.25, -0.2) is 4.98 Å². The second-order valence-corrected chi connectivity index (χ2v) is 5.69. The minimum absolute atomic E-state index is 0. The lowest BCUT2D eigenvalue weighted by Gasteiger charge is -2.32. The maximum absolute atomic E-state index is 6.13. The van der Waals surface area contributed by atoms with Crippen LogP contribution < -0.4 is 16.9 Å². The maximum Gasteiger partial charge on any atom is 0.239 e. The number of halogens is 2. The summed E-state index contributed by atoms with van der Waals surface area (Å²) in [5, 5.41) is 1.52. The first-order valence-corrected chi connectivity index (χ1v) is 7.42. The van der Waals surface area contributed by atoms with Crippen molar-refractivity contribution < 1.29 is 12.4 Å². The van der Waals surface area contributed by atoms with Crippen molar-refractivity contribution in [1.82, 2.24) is 14.5 Å². The Hall–Kier alpha value is -0.900. The van der Waals surface area contributed by atoms with Crippen LogP contribution in [0, 0.1) is 0 Å². The Morgan fingerprint density at radius 2 is 1.85 bits per heavy atom. The van der Waals surface area contributed by atoms with Gasteiger partial charge in [-0.1, -0.05) is 19.1 Å². The number of para-hydroxylation sites is 1. The summed E-state index contributed by atoms with van der Waals surface area (Å²) in [7, 11) is 0. The van der Waals surface area contributed by atoms with Crippen LogP contribution in [-0.4, -0.2) is 29.6 Å². The van der Waals surface area contributed by atoms with Gasteiger partial charge in [0.05, 0.1) is 30.5 Å². The highest BCUT2D eigenvalue weighted by atomic mass is 35.5. The number of quaternary nitrogens is 1. The molecule has 0 atom stereocenters. The quantitative estimate of drug-likeness (QED) is 0.619. The predicted molar refractivity (Wildman–Crippen MR) is 80.5 cm³/mol. The molecule has 0 radical (unpaired) electrons. The Bertz CT molecular complexity index is 595. The first-order chi connectivity index (χ1) is 9.25. The van der Waals surface area contributed by atoms with Crippen LogP contribution in [0.3, 0.4) is 0 Å². The summed E-state index contributed by atoms with van der Waals surface area (Å²) >= 11 is 6.13. The van der Waals surface area contributed by atoms with Gasteiger partial charge in [0.1, 0.15) is 0 Å². The van der Waals surface area contributed by atoms with Crippen LogP contribution in [0.25, 0.3) is 10.9 Å². The summed E-state index contributed by atoms with van der Waals surface area (Å²) in [6, 6.07) is 8.20. The van der Waals surface area contributed by atoms with Crippen molar-refractivity contribution in [3.8, 4) is 0 Å². The van der Waals surface area contributed by atoms with E-state index in [1.54, 1.807) is 0 Å². The van der Waals surface area contributed by atoms with E-state index in [0.717, 1.165) is 34.2 Å². The molecule has 2 aromatic rings. The van der Waals surface area contributed by atoms with Crippen molar-refractivity contribution in [2.45, 2.75) is 26.2 Å². The Balaban J connectivity index is 0.00000147. The van der Waals surface area contributed by atoms with Crippen LogP contribution in [-0.2, 0) is 0 Å². The standard InChI is InChI=1S/C15H19ClN3.ClH/c1-2-9-19(10-5-6-11-19)14-12-7-3-4-8-13(12)17-15(16)18-14;/h3-4,7-8H,2,5-6,9-11H2,1H3;1H/q+1;/p-1. The zero-order chi connectivity index (χ0) is 13.3. The molecular weight excluding hydrogens is 293 g/mol. The predicted octanol–water partition coefficient (Wildman–Crippen LogP) is 0.798. The Morgan fingerprint density at radius 3 is 2.55 bits per heavy atom. The van der Waals surface area contributed by atoms with Gasteiger partial charge < -0.3 is 12.4 Å². The molecule has 1 fully saturated rings. The number of likely N-dealkylation sites (tertiary alicyclic amines) is 1. The third-order valence-corrected chi connectivity index (χ3v) is 4.25. The van der Waals surface area contributed by atoms with Crippen molar-refractivity contribution in [2.24, 2.45) is 0 Å². The lowest BCUT2D eigenvalue weighted by atomic mass is 10.2. The van der Waals surface area contributed by atoms with E-state index in [1.807, 2.05) is 12.1 Å². The average Bonchev–Trinajstić information content (AvgIpc) is 2.88. The van der Waals surface area contributed by atoms with Gasteiger partial charge in [0.2, 0.25) is 11.1 Å². The molecule has 0 spiro atoms. The molecule has 3 nitrogen and oxygen atoms in total. The first-order valence-electron chi connectivity index (χ1n) is 7.04. The van der Waals surface area contributed by atoms with Gasteiger partial charge in [-0.05, 0) is 30.2 Å². The molecule has 1 aliphatic heterocycles. The number of fused-ring (bicyclic) bond motifs is 1. The monoisotopic (exact) mass is 311 g/mol. The van der Waals surface area contributed by atoms with E-state index in [2.05, 4.69) is 29.0 Å². The van der Waals surface area contributed by atoms with E-state index < -0.39 is 0 Å². The molecule has 0 N–H and O–H groups in total. The summed E-state index contributed by atoms with van der Waals surface area (Å²) in [5.74, 6) is 1.12. The molecule has 1 aliphatic rings. The third kappa shape index (κ3) is 2.62. The molecule has 0 unspecified atom stereocenters. The zero-order valence-corrected chi connectivity index (χ0v) is 13.2. The maximum atomic E-state index is 6.13. The average molecular weight is 312 g/mol. The lowest BCUT2D eigenvalue weighted by Crippen LogP contribution is -3.00. The fourth-order valence-corrected chi connectivity index (χ4v) is 3.47. The fraction of sp³-hybridized carbons (Fsp3) is 0.467. The number of hydrogen-bond donors (Lipinski definition) is 0. The summed E-state index contributed by atoms with van der Waals surface area (Å²) in [6.07, 6.45) is 3.71. The van der Waals surface area contributed by atoms with Gasteiger partial charge >= 0.3 is 0 Å². The summed E-state index contributed by atoms with van der Waals surface area (Å²) < 4.78 is 0.971. The third-order valence-electron chi connectivity index (χ3n) is 4.08. The zero-order valence-electron chi connectivity index (χ0n) is 11.6. The second-order valence-electron chi connectivity index (χ2n) is 5.36.